The highest BCUT2D eigenvalue weighted by Gasteiger charge is 2.45. The summed E-state index contributed by atoms with van der Waals surface area (Å²) in [6, 6.07) is 6.04. The van der Waals surface area contributed by atoms with Crippen molar-refractivity contribution in [3.05, 3.63) is 30.1 Å². The van der Waals surface area contributed by atoms with E-state index in [-0.39, 0.29) is 17.2 Å². The molecule has 0 atom stereocenters. The van der Waals surface area contributed by atoms with Crippen LogP contribution >= 0.6 is 0 Å². The van der Waals surface area contributed by atoms with Crippen LogP contribution in [0.4, 0.5) is 0 Å². The molecule has 0 spiro atoms. The third kappa shape index (κ3) is 2.78. The molecule has 2 heterocycles. The number of hydrogen-bond acceptors (Lipinski definition) is 3. The van der Waals surface area contributed by atoms with Gasteiger partial charge in [0.1, 0.15) is 0 Å². The van der Waals surface area contributed by atoms with Gasteiger partial charge in [0.2, 0.25) is 5.91 Å². The summed E-state index contributed by atoms with van der Waals surface area (Å²) < 4.78 is 0. The standard InChI is InChI=1S/C15H21N3O/c19-14(12-4-9-16-10-5-12)18-11-15(6-7-15)13-3-1-2-8-17-13/h1-3,8,12,16H,4-7,9-11H2,(H,18,19). The number of nitrogens with zero attached hydrogens (tertiary/aromatic N) is 1. The quantitative estimate of drug-likeness (QED) is 0.855. The van der Waals surface area contributed by atoms with E-state index in [1.54, 1.807) is 0 Å². The Kier molecular flexibility index (Phi) is 3.51. The molecule has 1 aromatic rings. The van der Waals surface area contributed by atoms with Crippen LogP contribution in [0.3, 0.4) is 0 Å². The van der Waals surface area contributed by atoms with Gasteiger partial charge in [-0.25, -0.2) is 0 Å². The molecule has 4 nitrogen and oxygen atoms in total. The second kappa shape index (κ2) is 5.29. The van der Waals surface area contributed by atoms with Crippen molar-refractivity contribution in [2.45, 2.75) is 31.1 Å². The molecule has 1 saturated carbocycles. The van der Waals surface area contributed by atoms with Crippen LogP contribution in [0.2, 0.25) is 0 Å². The van der Waals surface area contributed by atoms with Crippen LogP contribution in [0.1, 0.15) is 31.4 Å². The van der Waals surface area contributed by atoms with E-state index in [1.165, 1.54) is 0 Å². The van der Waals surface area contributed by atoms with Gasteiger partial charge in [0.25, 0.3) is 0 Å². The van der Waals surface area contributed by atoms with Gasteiger partial charge < -0.3 is 10.6 Å². The SMILES string of the molecule is O=C(NCC1(c2ccccn2)CC1)C1CCNCC1. The van der Waals surface area contributed by atoms with E-state index >= 15 is 0 Å². The van der Waals surface area contributed by atoms with Gasteiger partial charge >= 0.3 is 0 Å². The molecule has 2 N–H and O–H groups in total. The van der Waals surface area contributed by atoms with Gasteiger partial charge in [-0.3, -0.25) is 9.78 Å². The zero-order valence-electron chi connectivity index (χ0n) is 11.2. The van der Waals surface area contributed by atoms with E-state index in [9.17, 15) is 4.79 Å². The summed E-state index contributed by atoms with van der Waals surface area (Å²) in [5.74, 6) is 0.421. The Morgan fingerprint density at radius 3 is 2.79 bits per heavy atom. The minimum Gasteiger partial charge on any atom is -0.355 e. The lowest BCUT2D eigenvalue weighted by atomic mass is 9.96. The Morgan fingerprint density at radius 1 is 1.37 bits per heavy atom. The van der Waals surface area contributed by atoms with Crippen molar-refractivity contribution >= 4 is 5.91 Å². The summed E-state index contributed by atoms with van der Waals surface area (Å²) in [5.41, 5.74) is 1.24. The molecular weight excluding hydrogens is 238 g/mol. The molecule has 1 saturated heterocycles. The van der Waals surface area contributed by atoms with Crippen LogP contribution in [0.15, 0.2) is 24.4 Å². The van der Waals surface area contributed by atoms with Crippen molar-refractivity contribution in [3.63, 3.8) is 0 Å². The summed E-state index contributed by atoms with van der Waals surface area (Å²) in [6.07, 6.45) is 6.03. The third-order valence-corrected chi connectivity index (χ3v) is 4.37. The average Bonchev–Trinajstić information content (AvgIpc) is 3.28. The molecule has 19 heavy (non-hydrogen) atoms. The molecule has 2 aliphatic rings. The number of amides is 1. The Balaban J connectivity index is 1.56. The van der Waals surface area contributed by atoms with Gasteiger partial charge in [0, 0.05) is 29.8 Å². The maximum atomic E-state index is 12.1. The van der Waals surface area contributed by atoms with Crippen LogP contribution < -0.4 is 10.6 Å². The van der Waals surface area contributed by atoms with Crippen LogP contribution in [0, 0.1) is 5.92 Å². The highest BCUT2D eigenvalue weighted by atomic mass is 16.1. The molecule has 3 rings (SSSR count). The lowest BCUT2D eigenvalue weighted by molar-refractivity contribution is -0.125. The molecule has 102 valence electrons. The Hall–Kier alpha value is -1.42. The third-order valence-electron chi connectivity index (χ3n) is 4.37. The van der Waals surface area contributed by atoms with Crippen molar-refractivity contribution in [1.82, 2.24) is 15.6 Å². The van der Waals surface area contributed by atoms with Crippen molar-refractivity contribution in [1.29, 1.82) is 0 Å². The van der Waals surface area contributed by atoms with Crippen molar-refractivity contribution in [3.8, 4) is 0 Å². The van der Waals surface area contributed by atoms with E-state index in [4.69, 9.17) is 0 Å². The average molecular weight is 259 g/mol. The number of piperidine rings is 1. The molecule has 1 aliphatic carbocycles. The van der Waals surface area contributed by atoms with Crippen LogP contribution in [-0.4, -0.2) is 30.5 Å². The molecule has 1 aromatic heterocycles. The Bertz CT molecular complexity index is 436. The number of rotatable bonds is 4. The zero-order chi connectivity index (χ0) is 13.1. The number of pyridine rings is 1. The summed E-state index contributed by atoms with van der Waals surface area (Å²) in [6.45, 7) is 2.67. The van der Waals surface area contributed by atoms with Crippen molar-refractivity contribution in [2.24, 2.45) is 5.92 Å². The van der Waals surface area contributed by atoms with Gasteiger partial charge in [-0.05, 0) is 50.9 Å². The van der Waals surface area contributed by atoms with E-state index in [0.29, 0.717) is 0 Å². The summed E-state index contributed by atoms with van der Waals surface area (Å²) in [5, 5.41) is 6.44. The molecule has 0 aromatic carbocycles. The van der Waals surface area contributed by atoms with E-state index in [2.05, 4.69) is 21.7 Å². The number of nitrogens with one attached hydrogen (secondary N) is 2. The smallest absolute Gasteiger partial charge is 0.223 e. The lowest BCUT2D eigenvalue weighted by Crippen LogP contribution is -2.41. The molecule has 1 aliphatic heterocycles. The topological polar surface area (TPSA) is 54.0 Å². The van der Waals surface area contributed by atoms with Crippen molar-refractivity contribution < 1.29 is 4.79 Å². The first-order valence-corrected chi connectivity index (χ1v) is 7.20. The van der Waals surface area contributed by atoms with E-state index < -0.39 is 0 Å². The first-order chi connectivity index (χ1) is 9.30. The maximum Gasteiger partial charge on any atom is 0.223 e. The highest BCUT2D eigenvalue weighted by molar-refractivity contribution is 5.79. The molecule has 2 fully saturated rings. The van der Waals surface area contributed by atoms with Gasteiger partial charge in [-0.2, -0.15) is 0 Å². The Morgan fingerprint density at radius 2 is 2.16 bits per heavy atom. The zero-order valence-corrected chi connectivity index (χ0v) is 11.2. The maximum absolute atomic E-state index is 12.1. The number of carbonyl (C=O) groups excluding carboxylic acids is 1. The molecule has 0 bridgehead atoms. The number of hydrogen-bond donors (Lipinski definition) is 2. The van der Waals surface area contributed by atoms with Gasteiger partial charge in [-0.15, -0.1) is 0 Å². The Labute approximate surface area is 114 Å². The summed E-state index contributed by atoms with van der Waals surface area (Å²) in [7, 11) is 0. The minimum absolute atomic E-state index is 0.115. The second-order valence-corrected chi connectivity index (χ2v) is 5.74. The second-order valence-electron chi connectivity index (χ2n) is 5.74. The van der Waals surface area contributed by atoms with Gasteiger partial charge in [0.05, 0.1) is 0 Å². The van der Waals surface area contributed by atoms with Gasteiger partial charge in [0.15, 0.2) is 0 Å². The highest BCUT2D eigenvalue weighted by Crippen LogP contribution is 2.46. The fourth-order valence-electron chi connectivity index (χ4n) is 2.84. The number of carbonyl (C=O) groups is 1. The van der Waals surface area contributed by atoms with Gasteiger partial charge in [-0.1, -0.05) is 6.07 Å². The predicted molar refractivity (Wildman–Crippen MR) is 73.8 cm³/mol. The number of aromatic nitrogens is 1. The first kappa shape index (κ1) is 12.6. The van der Waals surface area contributed by atoms with Crippen LogP contribution in [-0.2, 0) is 10.2 Å². The van der Waals surface area contributed by atoms with Crippen LogP contribution in [0.25, 0.3) is 0 Å². The normalized spacial score (nSPS) is 21.9. The molecular formula is C15H21N3O. The van der Waals surface area contributed by atoms with E-state index in [0.717, 1.165) is 51.0 Å². The first-order valence-electron chi connectivity index (χ1n) is 7.20. The fraction of sp³-hybridized carbons (Fsp3) is 0.600. The van der Waals surface area contributed by atoms with E-state index in [1.807, 2.05) is 18.3 Å². The summed E-state index contributed by atoms with van der Waals surface area (Å²) >= 11 is 0. The summed E-state index contributed by atoms with van der Waals surface area (Å²) in [4.78, 5) is 16.6. The lowest BCUT2D eigenvalue weighted by Gasteiger charge is -2.23. The minimum atomic E-state index is 0.115. The van der Waals surface area contributed by atoms with Crippen molar-refractivity contribution in [2.75, 3.05) is 19.6 Å². The predicted octanol–water partition coefficient (Wildman–Crippen LogP) is 1.23. The fourth-order valence-corrected chi connectivity index (χ4v) is 2.84. The van der Waals surface area contributed by atoms with Crippen LogP contribution in [0.5, 0.6) is 0 Å². The molecule has 0 unspecified atom stereocenters. The largest absolute Gasteiger partial charge is 0.355 e. The monoisotopic (exact) mass is 259 g/mol. The molecule has 1 amide bonds. The molecule has 4 heteroatoms. The molecule has 0 radical (unpaired) electrons.